The fraction of sp³-hybridized carbons (Fsp3) is 0.160. The number of nitrogens with one attached hydrogen (secondary N) is 1. The molecule has 2 heterocycles. The van der Waals surface area contributed by atoms with E-state index in [0.717, 1.165) is 44.0 Å². The normalized spacial score (nSPS) is 11.5. The minimum atomic E-state index is -0.338. The second-order valence-corrected chi connectivity index (χ2v) is 7.80. The molecule has 0 radical (unpaired) electrons. The maximum atomic E-state index is 12.8. The molecule has 5 aromatic rings. The van der Waals surface area contributed by atoms with Crippen molar-refractivity contribution in [3.63, 3.8) is 0 Å². The molecule has 0 bridgehead atoms. The molecule has 0 saturated heterocycles. The summed E-state index contributed by atoms with van der Waals surface area (Å²) in [6.45, 7) is 2.65. The molecule has 6 heteroatoms. The summed E-state index contributed by atoms with van der Waals surface area (Å²) in [4.78, 5) is 16.3. The second-order valence-electron chi connectivity index (χ2n) is 7.40. The highest BCUT2D eigenvalue weighted by atomic mass is 35.5. The van der Waals surface area contributed by atoms with E-state index in [4.69, 9.17) is 21.1 Å². The zero-order valence-electron chi connectivity index (χ0n) is 17.2. The number of nitrogens with zero attached hydrogens (tertiary/aromatic N) is 1. The van der Waals surface area contributed by atoms with Gasteiger partial charge in [-0.05, 0) is 36.8 Å². The summed E-state index contributed by atoms with van der Waals surface area (Å²) >= 11 is 6.45. The number of methoxy groups -OCH3 is 1. The number of para-hydroxylation sites is 1. The molecule has 0 spiro atoms. The van der Waals surface area contributed by atoms with Gasteiger partial charge in [0.2, 0.25) is 0 Å². The highest BCUT2D eigenvalue weighted by Crippen LogP contribution is 2.36. The number of H-pyrrole nitrogens is 1. The number of fused-ring (bicyclic) bond motifs is 5. The van der Waals surface area contributed by atoms with Gasteiger partial charge < -0.3 is 19.0 Å². The van der Waals surface area contributed by atoms with Crippen LogP contribution >= 0.6 is 11.6 Å². The third-order valence-electron chi connectivity index (χ3n) is 5.60. The van der Waals surface area contributed by atoms with Gasteiger partial charge in [0, 0.05) is 22.7 Å². The molecule has 0 fully saturated rings. The maximum absolute atomic E-state index is 12.8. The summed E-state index contributed by atoms with van der Waals surface area (Å²) in [5.74, 6) is 0.453. The van der Waals surface area contributed by atoms with Gasteiger partial charge in [0.05, 0.1) is 35.3 Å². The van der Waals surface area contributed by atoms with E-state index < -0.39 is 0 Å². The molecule has 31 heavy (non-hydrogen) atoms. The first-order chi connectivity index (χ1) is 15.1. The number of benzene rings is 3. The molecule has 1 N–H and O–H groups in total. The molecule has 0 aliphatic heterocycles. The van der Waals surface area contributed by atoms with E-state index in [1.54, 1.807) is 7.11 Å². The maximum Gasteiger partial charge on any atom is 0.354 e. The van der Waals surface area contributed by atoms with E-state index in [9.17, 15) is 4.79 Å². The number of aromatic amines is 1. The fourth-order valence-corrected chi connectivity index (χ4v) is 4.39. The Labute approximate surface area is 184 Å². The predicted octanol–water partition coefficient (Wildman–Crippen LogP) is 6.16. The minimum absolute atomic E-state index is 0.320. The van der Waals surface area contributed by atoms with Crippen LogP contribution in [0, 0.1) is 0 Å². The Balaban J connectivity index is 1.78. The smallest absolute Gasteiger partial charge is 0.354 e. The first-order valence-electron chi connectivity index (χ1n) is 10.1. The number of hydrogen-bond acceptors (Lipinski definition) is 3. The standard InChI is InChI=1S/C25H21ClN2O3/c1-3-31-25(29)21-13-16-9-12-19-18-5-4-6-20(26)22(18)27-23(19)24(16)28(21)14-15-7-10-17(30-2)11-8-15/h4-13,27H,3,14H2,1-2H3. The van der Waals surface area contributed by atoms with Crippen LogP contribution < -0.4 is 4.74 Å². The number of rotatable bonds is 5. The van der Waals surface area contributed by atoms with Crippen LogP contribution in [0.4, 0.5) is 0 Å². The molecule has 0 aliphatic carbocycles. The Hall–Kier alpha value is -3.44. The topological polar surface area (TPSA) is 56.2 Å². The minimum Gasteiger partial charge on any atom is -0.497 e. The predicted molar refractivity (Wildman–Crippen MR) is 124 cm³/mol. The van der Waals surface area contributed by atoms with Crippen LogP contribution in [0.5, 0.6) is 5.75 Å². The number of ether oxygens (including phenoxy) is 2. The van der Waals surface area contributed by atoms with Crippen molar-refractivity contribution in [3.8, 4) is 5.75 Å². The second kappa shape index (κ2) is 7.67. The van der Waals surface area contributed by atoms with E-state index in [1.165, 1.54) is 0 Å². The number of esters is 1. The van der Waals surface area contributed by atoms with Crippen molar-refractivity contribution in [2.75, 3.05) is 13.7 Å². The van der Waals surface area contributed by atoms with E-state index >= 15 is 0 Å². The lowest BCUT2D eigenvalue weighted by Gasteiger charge is -2.11. The lowest BCUT2D eigenvalue weighted by atomic mass is 10.1. The Kier molecular flexibility index (Phi) is 4.83. The Morgan fingerprint density at radius 1 is 1.03 bits per heavy atom. The first-order valence-corrected chi connectivity index (χ1v) is 10.5. The number of aromatic nitrogens is 2. The highest BCUT2D eigenvalue weighted by Gasteiger charge is 2.20. The number of carbonyl (C=O) groups is 1. The molecule has 2 aromatic heterocycles. The van der Waals surface area contributed by atoms with Gasteiger partial charge >= 0.3 is 5.97 Å². The SMILES string of the molecule is CCOC(=O)c1cc2ccc3c4cccc(Cl)c4[nH]c3c2n1Cc1ccc(OC)cc1. The van der Waals surface area contributed by atoms with E-state index in [0.29, 0.717) is 23.9 Å². The van der Waals surface area contributed by atoms with Gasteiger partial charge in [-0.1, -0.05) is 48.0 Å². The number of carbonyl (C=O) groups excluding carboxylic acids is 1. The van der Waals surface area contributed by atoms with Gasteiger partial charge in [0.15, 0.2) is 0 Å². The summed E-state index contributed by atoms with van der Waals surface area (Å²) in [6, 6.07) is 19.7. The third-order valence-corrected chi connectivity index (χ3v) is 5.92. The summed E-state index contributed by atoms with van der Waals surface area (Å²) in [5.41, 5.74) is 4.36. The van der Waals surface area contributed by atoms with Crippen LogP contribution in [0.3, 0.4) is 0 Å². The first kappa shape index (κ1) is 19.5. The van der Waals surface area contributed by atoms with Gasteiger partial charge in [-0.2, -0.15) is 0 Å². The van der Waals surface area contributed by atoms with Crippen LogP contribution in [0.1, 0.15) is 23.0 Å². The van der Waals surface area contributed by atoms with Crippen molar-refractivity contribution in [1.82, 2.24) is 9.55 Å². The zero-order valence-corrected chi connectivity index (χ0v) is 18.0. The lowest BCUT2D eigenvalue weighted by molar-refractivity contribution is 0.0515. The van der Waals surface area contributed by atoms with Crippen molar-refractivity contribution >= 4 is 50.3 Å². The Morgan fingerprint density at radius 3 is 2.55 bits per heavy atom. The average Bonchev–Trinajstić information content (AvgIpc) is 3.34. The van der Waals surface area contributed by atoms with Crippen molar-refractivity contribution in [2.45, 2.75) is 13.5 Å². The average molecular weight is 433 g/mol. The quantitative estimate of drug-likeness (QED) is 0.338. The highest BCUT2D eigenvalue weighted by molar-refractivity contribution is 6.36. The van der Waals surface area contributed by atoms with Crippen molar-refractivity contribution in [3.05, 3.63) is 76.9 Å². The molecule has 5 nitrogen and oxygen atoms in total. The molecule has 0 aliphatic rings. The Bertz CT molecular complexity index is 1430. The van der Waals surface area contributed by atoms with Gasteiger partial charge in [-0.25, -0.2) is 4.79 Å². The summed E-state index contributed by atoms with van der Waals surface area (Å²) in [7, 11) is 1.64. The molecule has 0 saturated carbocycles. The molecular formula is C25H21ClN2O3. The van der Waals surface area contributed by atoms with Crippen LogP contribution in [0.2, 0.25) is 5.02 Å². The number of hydrogen-bond donors (Lipinski definition) is 1. The van der Waals surface area contributed by atoms with E-state index in [2.05, 4.69) is 17.1 Å². The van der Waals surface area contributed by atoms with Crippen molar-refractivity contribution < 1.29 is 14.3 Å². The van der Waals surface area contributed by atoms with Gasteiger partial charge in [0.25, 0.3) is 0 Å². The molecule has 3 aromatic carbocycles. The van der Waals surface area contributed by atoms with E-state index in [-0.39, 0.29) is 5.97 Å². The molecular weight excluding hydrogens is 412 g/mol. The largest absolute Gasteiger partial charge is 0.497 e. The van der Waals surface area contributed by atoms with Crippen molar-refractivity contribution in [2.24, 2.45) is 0 Å². The van der Waals surface area contributed by atoms with Gasteiger partial charge in [0.1, 0.15) is 11.4 Å². The molecule has 5 rings (SSSR count). The Morgan fingerprint density at radius 2 is 1.81 bits per heavy atom. The lowest BCUT2D eigenvalue weighted by Crippen LogP contribution is -2.13. The van der Waals surface area contributed by atoms with Crippen LogP contribution in [-0.4, -0.2) is 29.2 Å². The summed E-state index contributed by atoms with van der Waals surface area (Å²) in [6.07, 6.45) is 0. The number of halogens is 1. The van der Waals surface area contributed by atoms with Crippen LogP contribution in [0.25, 0.3) is 32.7 Å². The summed E-state index contributed by atoms with van der Waals surface area (Å²) < 4.78 is 12.6. The van der Waals surface area contributed by atoms with E-state index in [1.807, 2.05) is 60.0 Å². The van der Waals surface area contributed by atoms with Crippen LogP contribution in [0.15, 0.2) is 60.7 Å². The van der Waals surface area contributed by atoms with Gasteiger partial charge in [-0.15, -0.1) is 0 Å². The van der Waals surface area contributed by atoms with Crippen molar-refractivity contribution in [1.29, 1.82) is 0 Å². The fourth-order valence-electron chi connectivity index (χ4n) is 4.16. The monoisotopic (exact) mass is 432 g/mol. The third kappa shape index (κ3) is 3.22. The molecule has 0 unspecified atom stereocenters. The summed E-state index contributed by atoms with van der Waals surface area (Å²) in [5, 5.41) is 3.75. The zero-order chi connectivity index (χ0) is 21.5. The molecule has 0 amide bonds. The van der Waals surface area contributed by atoms with Crippen LogP contribution in [-0.2, 0) is 11.3 Å². The molecule has 0 atom stereocenters. The van der Waals surface area contributed by atoms with Gasteiger partial charge in [-0.3, -0.25) is 0 Å². The molecule has 156 valence electrons.